The highest BCUT2D eigenvalue weighted by atomic mass is 127. The van der Waals surface area contributed by atoms with Gasteiger partial charge in [-0.2, -0.15) is 0 Å². The van der Waals surface area contributed by atoms with E-state index in [0.717, 1.165) is 51.6 Å². The lowest BCUT2D eigenvalue weighted by molar-refractivity contribution is -0.130. The molecule has 1 aromatic rings. The van der Waals surface area contributed by atoms with Crippen LogP contribution in [0.3, 0.4) is 0 Å². The zero-order valence-corrected chi connectivity index (χ0v) is 19.7. The molecule has 1 fully saturated rings. The fraction of sp³-hybridized carbons (Fsp3) is 0.619. The molecule has 1 amide bonds. The highest BCUT2D eigenvalue weighted by molar-refractivity contribution is 14.0. The Morgan fingerprint density at radius 3 is 2.11 bits per heavy atom. The van der Waals surface area contributed by atoms with Crippen molar-refractivity contribution < 1.29 is 4.79 Å². The van der Waals surface area contributed by atoms with Crippen molar-refractivity contribution in [2.24, 2.45) is 4.99 Å². The molecule has 0 saturated carbocycles. The Morgan fingerprint density at radius 2 is 1.63 bits per heavy atom. The highest BCUT2D eigenvalue weighted by Gasteiger charge is 2.20. The average Bonchev–Trinajstić information content (AvgIpc) is 2.61. The normalized spacial score (nSPS) is 15.4. The van der Waals surface area contributed by atoms with Crippen LogP contribution in [0.15, 0.2) is 29.3 Å². The molecule has 0 atom stereocenters. The largest absolute Gasteiger partial charge is 0.357 e. The van der Waals surface area contributed by atoms with Crippen LogP contribution in [-0.2, 0) is 16.6 Å². The molecule has 0 spiro atoms. The maximum absolute atomic E-state index is 11.5. The van der Waals surface area contributed by atoms with Gasteiger partial charge in [0.2, 0.25) is 5.91 Å². The van der Waals surface area contributed by atoms with Gasteiger partial charge in [-0.05, 0) is 29.9 Å². The molecule has 0 aromatic heterocycles. The van der Waals surface area contributed by atoms with Crippen LogP contribution in [0.5, 0.6) is 0 Å². The van der Waals surface area contributed by atoms with Crippen molar-refractivity contribution in [3.63, 3.8) is 0 Å². The number of hydrogen-bond donors (Lipinski definition) is 1. The van der Waals surface area contributed by atoms with Gasteiger partial charge in [0.15, 0.2) is 5.96 Å². The molecule has 1 heterocycles. The Labute approximate surface area is 181 Å². The summed E-state index contributed by atoms with van der Waals surface area (Å²) in [6, 6.07) is 8.89. The van der Waals surface area contributed by atoms with E-state index < -0.39 is 0 Å². The summed E-state index contributed by atoms with van der Waals surface area (Å²) in [6.07, 6.45) is 0.937. The number of carbonyl (C=O) groups is 1. The van der Waals surface area contributed by atoms with E-state index >= 15 is 0 Å². The maximum atomic E-state index is 11.5. The topological polar surface area (TPSA) is 47.9 Å². The number of amides is 1. The lowest BCUT2D eigenvalue weighted by Crippen LogP contribution is -2.53. The second kappa shape index (κ2) is 10.9. The van der Waals surface area contributed by atoms with Crippen molar-refractivity contribution in [1.82, 2.24) is 15.1 Å². The summed E-state index contributed by atoms with van der Waals surface area (Å²) in [5.41, 5.74) is 2.87. The molecule has 1 aliphatic heterocycles. The fourth-order valence-electron chi connectivity index (χ4n) is 3.12. The molecule has 27 heavy (non-hydrogen) atoms. The number of carbonyl (C=O) groups excluding carboxylic acids is 1. The van der Waals surface area contributed by atoms with Crippen molar-refractivity contribution in [2.75, 3.05) is 39.3 Å². The van der Waals surface area contributed by atoms with Crippen LogP contribution in [0.25, 0.3) is 0 Å². The summed E-state index contributed by atoms with van der Waals surface area (Å²) < 4.78 is 0. The Balaban J connectivity index is 0.00000364. The number of halogens is 1. The minimum atomic E-state index is 0. The van der Waals surface area contributed by atoms with Crippen LogP contribution in [-0.4, -0.2) is 60.9 Å². The summed E-state index contributed by atoms with van der Waals surface area (Å²) in [5, 5.41) is 3.38. The number of benzene rings is 1. The highest BCUT2D eigenvalue weighted by Crippen LogP contribution is 2.22. The van der Waals surface area contributed by atoms with Crippen molar-refractivity contribution in [3.05, 3.63) is 35.4 Å². The van der Waals surface area contributed by atoms with Crippen molar-refractivity contribution in [2.45, 2.75) is 46.5 Å². The Morgan fingerprint density at radius 1 is 1.07 bits per heavy atom. The quantitative estimate of drug-likeness (QED) is 0.404. The number of nitrogens with zero attached hydrogens (tertiary/aromatic N) is 3. The summed E-state index contributed by atoms with van der Waals surface area (Å²) in [5.74, 6) is 1.12. The van der Waals surface area contributed by atoms with Crippen molar-refractivity contribution >= 4 is 35.8 Å². The van der Waals surface area contributed by atoms with Crippen LogP contribution < -0.4 is 5.32 Å². The van der Waals surface area contributed by atoms with Gasteiger partial charge in [-0.3, -0.25) is 9.79 Å². The number of aliphatic imine (C=N–C) groups is 1. The second-order valence-electron chi connectivity index (χ2n) is 7.93. The van der Waals surface area contributed by atoms with Gasteiger partial charge >= 0.3 is 0 Å². The number of hydrogen-bond acceptors (Lipinski definition) is 2. The zero-order chi connectivity index (χ0) is 19.2. The minimum Gasteiger partial charge on any atom is -0.357 e. The van der Waals surface area contributed by atoms with Gasteiger partial charge in [0.25, 0.3) is 0 Å². The van der Waals surface area contributed by atoms with E-state index in [2.05, 4.69) is 62.2 Å². The SMILES string of the molecule is CCNC(=NCCc1ccc(C(C)(C)C)cc1)N1CCN(C(C)=O)CC1.I. The van der Waals surface area contributed by atoms with Gasteiger partial charge in [0, 0.05) is 46.2 Å². The molecule has 1 N–H and O–H groups in total. The molecule has 152 valence electrons. The Kier molecular flexibility index (Phi) is 9.56. The predicted molar refractivity (Wildman–Crippen MR) is 124 cm³/mol. The average molecular weight is 486 g/mol. The van der Waals surface area contributed by atoms with E-state index in [4.69, 9.17) is 4.99 Å². The smallest absolute Gasteiger partial charge is 0.219 e. The molecule has 0 aliphatic carbocycles. The lowest BCUT2D eigenvalue weighted by atomic mass is 9.86. The number of guanidine groups is 1. The van der Waals surface area contributed by atoms with Gasteiger partial charge in [0.1, 0.15) is 0 Å². The molecule has 0 unspecified atom stereocenters. The van der Waals surface area contributed by atoms with Crippen LogP contribution in [0, 0.1) is 0 Å². The molecule has 1 saturated heterocycles. The van der Waals surface area contributed by atoms with E-state index in [1.807, 2.05) is 4.90 Å². The third-order valence-corrected chi connectivity index (χ3v) is 4.84. The molecule has 6 heteroatoms. The molecule has 1 aliphatic rings. The molecular formula is C21H35IN4O. The van der Waals surface area contributed by atoms with Gasteiger partial charge in [0.05, 0.1) is 0 Å². The fourth-order valence-corrected chi connectivity index (χ4v) is 3.12. The van der Waals surface area contributed by atoms with Gasteiger partial charge in [-0.25, -0.2) is 0 Å². The molecular weight excluding hydrogens is 451 g/mol. The van der Waals surface area contributed by atoms with E-state index in [9.17, 15) is 4.79 Å². The van der Waals surface area contributed by atoms with Crippen LogP contribution in [0.1, 0.15) is 45.7 Å². The van der Waals surface area contributed by atoms with E-state index in [0.29, 0.717) is 0 Å². The van der Waals surface area contributed by atoms with Crippen molar-refractivity contribution in [1.29, 1.82) is 0 Å². The van der Waals surface area contributed by atoms with Crippen LogP contribution in [0.4, 0.5) is 0 Å². The lowest BCUT2D eigenvalue weighted by Gasteiger charge is -2.36. The third-order valence-electron chi connectivity index (χ3n) is 4.84. The third kappa shape index (κ3) is 7.31. The first kappa shape index (κ1) is 23.7. The zero-order valence-electron chi connectivity index (χ0n) is 17.4. The summed E-state index contributed by atoms with van der Waals surface area (Å²) in [6.45, 7) is 15.3. The van der Waals surface area contributed by atoms with Gasteiger partial charge in [-0.1, -0.05) is 45.0 Å². The van der Waals surface area contributed by atoms with Crippen LogP contribution in [0.2, 0.25) is 0 Å². The number of rotatable bonds is 4. The van der Waals surface area contributed by atoms with Crippen molar-refractivity contribution in [3.8, 4) is 0 Å². The molecule has 2 rings (SSSR count). The Bertz CT molecular complexity index is 614. The second-order valence-corrected chi connectivity index (χ2v) is 7.93. The maximum Gasteiger partial charge on any atom is 0.219 e. The summed E-state index contributed by atoms with van der Waals surface area (Å²) in [7, 11) is 0. The van der Waals surface area contributed by atoms with Gasteiger partial charge in [-0.15, -0.1) is 24.0 Å². The van der Waals surface area contributed by atoms with Crippen LogP contribution >= 0.6 is 24.0 Å². The molecule has 0 bridgehead atoms. The number of piperazine rings is 1. The van der Waals surface area contributed by atoms with E-state index in [1.54, 1.807) is 6.92 Å². The van der Waals surface area contributed by atoms with E-state index in [-0.39, 0.29) is 35.3 Å². The van der Waals surface area contributed by atoms with E-state index in [1.165, 1.54) is 11.1 Å². The molecule has 0 radical (unpaired) electrons. The first-order chi connectivity index (χ1) is 12.3. The first-order valence-electron chi connectivity index (χ1n) is 9.69. The standard InChI is InChI=1S/C21H34N4O.HI/c1-6-22-20(25-15-13-24(14-16-25)17(2)26)23-12-11-18-7-9-19(10-8-18)21(3,4)5;/h7-10H,6,11-16H2,1-5H3,(H,22,23);1H. The summed E-state index contributed by atoms with van der Waals surface area (Å²) in [4.78, 5) is 20.4. The molecule has 5 nitrogen and oxygen atoms in total. The monoisotopic (exact) mass is 486 g/mol. The molecule has 1 aromatic carbocycles. The predicted octanol–water partition coefficient (Wildman–Crippen LogP) is 3.27. The summed E-state index contributed by atoms with van der Waals surface area (Å²) >= 11 is 0. The first-order valence-corrected chi connectivity index (χ1v) is 9.69. The van der Waals surface area contributed by atoms with Gasteiger partial charge < -0.3 is 15.1 Å². The minimum absolute atomic E-state index is 0. The Hall–Kier alpha value is -1.31. The number of nitrogens with one attached hydrogen (secondary N) is 1.